The first-order chi connectivity index (χ1) is 16.5. The minimum Gasteiger partial charge on any atom is -0.508 e. The van der Waals surface area contributed by atoms with Crippen molar-refractivity contribution in [1.29, 1.82) is 0 Å². The van der Waals surface area contributed by atoms with Crippen molar-refractivity contribution in [3.63, 3.8) is 0 Å². The zero-order valence-electron chi connectivity index (χ0n) is 24.5. The molecule has 202 valence electrons. The maximum absolute atomic E-state index is 8.63. The molecule has 0 aromatic heterocycles. The Balaban J connectivity index is -0.0000000793. The Kier molecular flexibility index (Phi) is 70.7. The van der Waals surface area contributed by atoms with Crippen molar-refractivity contribution >= 4 is 15.9 Å². The number of benzene rings is 2. The van der Waals surface area contributed by atoms with Gasteiger partial charge in [0.2, 0.25) is 6.79 Å². The fraction of sp³-hybridized carbons (Fsp3) is 0.533. The first-order valence-corrected chi connectivity index (χ1v) is 14.0. The number of rotatable bonds is 5. The Hall–Kier alpha value is -1.94. The van der Waals surface area contributed by atoms with Crippen LogP contribution in [0.15, 0.2) is 73.0 Å². The lowest BCUT2D eigenvalue weighted by Crippen LogP contribution is -2.02. The maximum atomic E-state index is 8.63. The van der Waals surface area contributed by atoms with Crippen LogP contribution in [0.3, 0.4) is 0 Å². The third-order valence-corrected chi connectivity index (χ3v) is 2.76. The van der Waals surface area contributed by atoms with E-state index in [0.29, 0.717) is 16.8 Å². The summed E-state index contributed by atoms with van der Waals surface area (Å²) in [6, 6.07) is 18.2. The quantitative estimate of drug-likeness (QED) is 0.231. The zero-order chi connectivity index (χ0) is 28.0. The summed E-state index contributed by atoms with van der Waals surface area (Å²) in [5.74, 6) is 1.78. The summed E-state index contributed by atoms with van der Waals surface area (Å²) in [4.78, 5) is 0. The molecule has 1 N–H and O–H groups in total. The molecule has 2 aromatic rings. The Morgan fingerprint density at radius 3 is 1.29 bits per heavy atom. The van der Waals surface area contributed by atoms with Gasteiger partial charge in [0.25, 0.3) is 0 Å². The molecule has 4 heteroatoms. The Labute approximate surface area is 222 Å². The highest BCUT2D eigenvalue weighted by Crippen LogP contribution is 2.09. The first-order valence-electron chi connectivity index (χ1n) is 12.8. The van der Waals surface area contributed by atoms with Crippen LogP contribution in [-0.4, -0.2) is 17.2 Å². The molecule has 0 saturated heterocycles. The molecule has 0 aliphatic rings. The van der Waals surface area contributed by atoms with Gasteiger partial charge in [-0.05, 0) is 24.3 Å². The lowest BCUT2D eigenvalue weighted by molar-refractivity contribution is 0.0638. The van der Waals surface area contributed by atoms with Crippen LogP contribution < -0.4 is 4.74 Å². The molecule has 0 radical (unpaired) electrons. The van der Waals surface area contributed by atoms with Crippen LogP contribution >= 0.6 is 15.9 Å². The lowest BCUT2D eigenvalue weighted by Gasteiger charge is -2.08. The molecule has 0 atom stereocenters. The van der Waals surface area contributed by atoms with Crippen LogP contribution in [0.1, 0.15) is 95.9 Å². The van der Waals surface area contributed by atoms with E-state index < -0.39 is 0 Å². The van der Waals surface area contributed by atoms with Gasteiger partial charge in [0.15, 0.2) is 0 Å². The van der Waals surface area contributed by atoms with Gasteiger partial charge in [0.05, 0.1) is 5.33 Å². The van der Waals surface area contributed by atoms with E-state index in [1.54, 1.807) is 24.3 Å². The molecule has 3 nitrogen and oxygen atoms in total. The monoisotopic (exact) mass is 544 g/mol. The van der Waals surface area contributed by atoms with Crippen molar-refractivity contribution in [3.05, 3.63) is 73.0 Å². The molecular weight excluding hydrogens is 488 g/mol. The number of phenolic OH excluding ortho intramolecular Hbond substituents is 1. The second-order valence-electron chi connectivity index (χ2n) is 5.14. The van der Waals surface area contributed by atoms with Crippen LogP contribution in [0, 0.1) is 0 Å². The van der Waals surface area contributed by atoms with E-state index in [1.165, 1.54) is 12.8 Å². The summed E-state index contributed by atoms with van der Waals surface area (Å²) < 4.78 is 10.4. The van der Waals surface area contributed by atoms with Crippen molar-refractivity contribution in [2.75, 3.05) is 12.1 Å². The molecule has 2 aromatic carbocycles. The van der Waals surface area contributed by atoms with Gasteiger partial charge in [0.1, 0.15) is 17.3 Å². The molecule has 0 fully saturated rings. The predicted octanol–water partition coefficient (Wildman–Crippen LogP) is 11.3. The number of allylic oxidation sites excluding steroid dienone is 1. The van der Waals surface area contributed by atoms with Gasteiger partial charge in [-0.1, -0.05) is 155 Å². The van der Waals surface area contributed by atoms with Crippen LogP contribution in [0.2, 0.25) is 0 Å². The maximum Gasteiger partial charge on any atom is 0.230 e. The van der Waals surface area contributed by atoms with Crippen LogP contribution in [0.5, 0.6) is 11.5 Å². The molecule has 34 heavy (non-hydrogen) atoms. The number of hydrogen-bond donors (Lipinski definition) is 1. The third-order valence-electron chi connectivity index (χ3n) is 2.14. The van der Waals surface area contributed by atoms with E-state index in [0.717, 1.165) is 5.75 Å². The number of aromatic hydroxyl groups is 1. The smallest absolute Gasteiger partial charge is 0.230 e. The van der Waals surface area contributed by atoms with Crippen LogP contribution in [0.25, 0.3) is 0 Å². The van der Waals surface area contributed by atoms with Gasteiger partial charge in [-0.15, -0.1) is 0 Å². The van der Waals surface area contributed by atoms with E-state index in [9.17, 15) is 0 Å². The molecule has 0 bridgehead atoms. The van der Waals surface area contributed by atoms with E-state index in [2.05, 4.69) is 50.2 Å². The number of hydrogen-bond acceptors (Lipinski definition) is 3. The van der Waals surface area contributed by atoms with Gasteiger partial charge in [0, 0.05) is 0 Å². The SMILES string of the molecule is C=C(CBr)OCOc1ccccc1.CC.CC.CC.CC.CCC.CCC.Oc1ccccc1. The fourth-order valence-electron chi connectivity index (χ4n) is 1.16. The summed E-state index contributed by atoms with van der Waals surface area (Å²) in [7, 11) is 0. The molecule has 0 aliphatic carbocycles. The molecule has 0 unspecified atom stereocenters. The summed E-state index contributed by atoms with van der Waals surface area (Å²) in [6.07, 6.45) is 2.50. The van der Waals surface area contributed by atoms with Crippen molar-refractivity contribution < 1.29 is 14.6 Å². The highest BCUT2D eigenvalue weighted by molar-refractivity contribution is 9.09. The van der Waals surface area contributed by atoms with Crippen LogP contribution in [-0.2, 0) is 4.74 Å². The number of halogens is 1. The Morgan fingerprint density at radius 1 is 0.706 bits per heavy atom. The number of alkyl halides is 1. The first kappa shape index (κ1) is 45.5. The van der Waals surface area contributed by atoms with Crippen LogP contribution in [0.4, 0.5) is 0 Å². The summed E-state index contributed by atoms with van der Waals surface area (Å²) in [5, 5.41) is 9.26. The predicted molar refractivity (Wildman–Crippen MR) is 161 cm³/mol. The molecule has 0 aliphatic heterocycles. The molecule has 0 spiro atoms. The highest BCUT2D eigenvalue weighted by Gasteiger charge is 1.93. The van der Waals surface area contributed by atoms with E-state index in [-0.39, 0.29) is 6.79 Å². The second kappa shape index (κ2) is 52.8. The summed E-state index contributed by atoms with van der Waals surface area (Å²) in [5.41, 5.74) is 0. The molecule has 0 amide bonds. The Morgan fingerprint density at radius 2 is 1.03 bits per heavy atom. The van der Waals surface area contributed by atoms with Gasteiger partial charge < -0.3 is 14.6 Å². The summed E-state index contributed by atoms with van der Waals surface area (Å²) in [6.45, 7) is 28.4. The standard InChI is InChI=1S/C10H11BrO2.C6H6O.2C3H8.4C2H6/c1-9(7-11)12-8-13-10-5-3-2-4-6-10;7-6-4-2-1-3-5-6;2*1-3-2;4*1-2/h2-6H,1,7-8H2;1-5,7H;2*3H2,1-2H3;4*1-2H3. The number of ether oxygens (including phenoxy) is 2. The fourth-order valence-corrected chi connectivity index (χ4v) is 1.33. The topological polar surface area (TPSA) is 38.7 Å². The van der Waals surface area contributed by atoms with Gasteiger partial charge in [-0.3, -0.25) is 0 Å². The lowest BCUT2D eigenvalue weighted by atomic mass is 10.3. The van der Waals surface area contributed by atoms with E-state index in [1.807, 2.05) is 91.8 Å². The van der Waals surface area contributed by atoms with E-state index in [4.69, 9.17) is 14.6 Å². The van der Waals surface area contributed by atoms with Gasteiger partial charge >= 0.3 is 0 Å². The normalized spacial score (nSPS) is 7.09. The molecule has 2 rings (SSSR count). The summed E-state index contributed by atoms with van der Waals surface area (Å²) >= 11 is 3.22. The van der Waals surface area contributed by atoms with Crippen molar-refractivity contribution in [3.8, 4) is 11.5 Å². The minimum atomic E-state index is 0.203. The Bertz CT molecular complexity index is 515. The van der Waals surface area contributed by atoms with Gasteiger partial charge in [-0.2, -0.15) is 0 Å². The second-order valence-corrected chi connectivity index (χ2v) is 5.70. The minimum absolute atomic E-state index is 0.203. The van der Waals surface area contributed by atoms with Crippen molar-refractivity contribution in [1.82, 2.24) is 0 Å². The largest absolute Gasteiger partial charge is 0.508 e. The average Bonchev–Trinajstić information content (AvgIpc) is 2.91. The van der Waals surface area contributed by atoms with Gasteiger partial charge in [-0.25, -0.2) is 0 Å². The van der Waals surface area contributed by atoms with Crippen molar-refractivity contribution in [2.45, 2.75) is 95.9 Å². The molecular formula is C30H57BrO3. The third kappa shape index (κ3) is 52.2. The number of phenols is 1. The number of para-hydroxylation sites is 2. The zero-order valence-corrected chi connectivity index (χ0v) is 26.0. The average molecular weight is 546 g/mol. The molecule has 0 heterocycles. The van der Waals surface area contributed by atoms with Crippen molar-refractivity contribution in [2.24, 2.45) is 0 Å². The highest BCUT2D eigenvalue weighted by atomic mass is 79.9. The molecule has 0 saturated carbocycles. The van der Waals surface area contributed by atoms with E-state index >= 15 is 0 Å².